The minimum absolute atomic E-state index is 0.196. The summed E-state index contributed by atoms with van der Waals surface area (Å²) < 4.78 is 3.20. The fourth-order valence-electron chi connectivity index (χ4n) is 1.79. The minimum Gasteiger partial charge on any atom is -0.480 e. The molecular weight excluding hydrogens is 278 g/mol. The maximum Gasteiger partial charge on any atom is 0.325 e. The lowest BCUT2D eigenvalue weighted by Gasteiger charge is -1.99. The molecule has 0 bridgehead atoms. The normalized spacial score (nSPS) is 10.9. The van der Waals surface area contributed by atoms with Crippen LogP contribution in [0.25, 0.3) is 11.4 Å². The van der Waals surface area contributed by atoms with Crippen LogP contribution in [0.5, 0.6) is 0 Å². The van der Waals surface area contributed by atoms with Crippen molar-refractivity contribution in [1.82, 2.24) is 24.5 Å². The molecule has 0 atom stereocenters. The Kier molecular flexibility index (Phi) is 4.78. The molecule has 2 aromatic rings. The summed E-state index contributed by atoms with van der Waals surface area (Å²) in [4.78, 5) is 15.4. The summed E-state index contributed by atoms with van der Waals surface area (Å²) in [6.45, 7) is 2.55. The molecule has 0 saturated carbocycles. The number of hydrogen-bond acceptors (Lipinski definition) is 5. The molecule has 0 aromatic carbocycles. The van der Waals surface area contributed by atoms with Crippen molar-refractivity contribution in [3.8, 4) is 11.4 Å². The summed E-state index contributed by atoms with van der Waals surface area (Å²) in [7, 11) is 0. The van der Waals surface area contributed by atoms with Gasteiger partial charge in [-0.1, -0.05) is 0 Å². The van der Waals surface area contributed by atoms with Crippen LogP contribution in [-0.4, -0.2) is 47.6 Å². The van der Waals surface area contributed by atoms with Gasteiger partial charge in [0, 0.05) is 24.9 Å². The molecule has 2 rings (SSSR count). The number of carboxylic acids is 1. The Morgan fingerprint density at radius 2 is 2.30 bits per heavy atom. The van der Waals surface area contributed by atoms with Crippen molar-refractivity contribution in [2.24, 2.45) is 0 Å². The fraction of sp³-hybridized carbons (Fsp3) is 0.500. The third-order valence-electron chi connectivity index (χ3n) is 2.75. The van der Waals surface area contributed by atoms with Crippen LogP contribution in [0.3, 0.4) is 0 Å². The minimum atomic E-state index is -0.935. The average Bonchev–Trinajstić information content (AvgIpc) is 3.02. The van der Waals surface area contributed by atoms with E-state index >= 15 is 0 Å². The largest absolute Gasteiger partial charge is 0.480 e. The zero-order valence-electron chi connectivity index (χ0n) is 11.5. The number of rotatable bonds is 7. The molecule has 0 saturated heterocycles. The van der Waals surface area contributed by atoms with Gasteiger partial charge in [-0.05, 0) is 13.2 Å². The Hall–Kier alpha value is -1.83. The molecule has 108 valence electrons. The fourth-order valence-corrected chi connectivity index (χ4v) is 2.18. The number of carboxylic acid groups (broad SMARTS) is 1. The van der Waals surface area contributed by atoms with Crippen molar-refractivity contribution in [2.45, 2.75) is 26.4 Å². The SMILES string of the molecule is CCn1cc(-c2nc(CCSC)nn2CC(=O)O)cn1. The van der Waals surface area contributed by atoms with Gasteiger partial charge in [-0.3, -0.25) is 9.48 Å². The van der Waals surface area contributed by atoms with E-state index in [2.05, 4.69) is 15.2 Å². The smallest absolute Gasteiger partial charge is 0.325 e. The molecule has 8 heteroatoms. The summed E-state index contributed by atoms with van der Waals surface area (Å²) in [6.07, 6.45) is 6.27. The maximum atomic E-state index is 10.9. The summed E-state index contributed by atoms with van der Waals surface area (Å²) in [5.41, 5.74) is 0.788. The van der Waals surface area contributed by atoms with Gasteiger partial charge in [-0.25, -0.2) is 9.67 Å². The molecule has 2 heterocycles. The first kappa shape index (κ1) is 14.6. The van der Waals surface area contributed by atoms with E-state index in [0.717, 1.165) is 24.3 Å². The van der Waals surface area contributed by atoms with E-state index in [9.17, 15) is 4.79 Å². The van der Waals surface area contributed by atoms with Crippen molar-refractivity contribution in [3.05, 3.63) is 18.2 Å². The van der Waals surface area contributed by atoms with E-state index in [1.54, 1.807) is 22.6 Å². The third-order valence-corrected chi connectivity index (χ3v) is 3.36. The molecule has 0 aliphatic heterocycles. The quantitative estimate of drug-likeness (QED) is 0.824. The van der Waals surface area contributed by atoms with Crippen molar-refractivity contribution < 1.29 is 9.90 Å². The summed E-state index contributed by atoms with van der Waals surface area (Å²) in [6, 6.07) is 0. The van der Waals surface area contributed by atoms with Gasteiger partial charge in [0.25, 0.3) is 0 Å². The predicted octanol–water partition coefficient (Wildman–Crippen LogP) is 1.15. The highest BCUT2D eigenvalue weighted by atomic mass is 32.2. The van der Waals surface area contributed by atoms with Crippen LogP contribution in [0.15, 0.2) is 12.4 Å². The first-order valence-electron chi connectivity index (χ1n) is 6.31. The van der Waals surface area contributed by atoms with Gasteiger partial charge in [0.1, 0.15) is 6.54 Å². The lowest BCUT2D eigenvalue weighted by Crippen LogP contribution is -2.11. The van der Waals surface area contributed by atoms with E-state index in [0.29, 0.717) is 11.6 Å². The van der Waals surface area contributed by atoms with Gasteiger partial charge < -0.3 is 5.11 Å². The second-order valence-electron chi connectivity index (χ2n) is 4.23. The molecule has 20 heavy (non-hydrogen) atoms. The van der Waals surface area contributed by atoms with Crippen LogP contribution < -0.4 is 0 Å². The van der Waals surface area contributed by atoms with Gasteiger partial charge in [-0.15, -0.1) is 0 Å². The first-order chi connectivity index (χ1) is 9.63. The lowest BCUT2D eigenvalue weighted by molar-refractivity contribution is -0.137. The maximum absolute atomic E-state index is 10.9. The van der Waals surface area contributed by atoms with Gasteiger partial charge in [-0.2, -0.15) is 22.0 Å². The number of nitrogens with zero attached hydrogens (tertiary/aromatic N) is 5. The molecule has 0 unspecified atom stereocenters. The van der Waals surface area contributed by atoms with Crippen LogP contribution in [0.2, 0.25) is 0 Å². The van der Waals surface area contributed by atoms with Gasteiger partial charge >= 0.3 is 5.97 Å². The van der Waals surface area contributed by atoms with E-state index in [4.69, 9.17) is 5.11 Å². The van der Waals surface area contributed by atoms with E-state index < -0.39 is 5.97 Å². The molecule has 0 radical (unpaired) electrons. The zero-order valence-corrected chi connectivity index (χ0v) is 12.3. The highest BCUT2D eigenvalue weighted by molar-refractivity contribution is 7.98. The summed E-state index contributed by atoms with van der Waals surface area (Å²) in [5.74, 6) is 1.20. The zero-order chi connectivity index (χ0) is 14.5. The average molecular weight is 295 g/mol. The van der Waals surface area contributed by atoms with Crippen LogP contribution >= 0.6 is 11.8 Å². The monoisotopic (exact) mass is 295 g/mol. The molecule has 0 spiro atoms. The number of aliphatic carboxylic acids is 1. The second kappa shape index (κ2) is 6.56. The number of thioether (sulfide) groups is 1. The van der Waals surface area contributed by atoms with Crippen molar-refractivity contribution >= 4 is 17.7 Å². The summed E-state index contributed by atoms with van der Waals surface area (Å²) in [5, 5.41) is 17.4. The Labute approximate surface area is 121 Å². The molecule has 0 aliphatic rings. The molecule has 2 aromatic heterocycles. The molecule has 0 aliphatic carbocycles. The Balaban J connectivity index is 2.32. The highest BCUT2D eigenvalue weighted by Crippen LogP contribution is 2.17. The number of aromatic nitrogens is 5. The van der Waals surface area contributed by atoms with Crippen molar-refractivity contribution in [3.63, 3.8) is 0 Å². The first-order valence-corrected chi connectivity index (χ1v) is 7.70. The van der Waals surface area contributed by atoms with E-state index in [1.807, 2.05) is 19.4 Å². The third kappa shape index (κ3) is 3.38. The Morgan fingerprint density at radius 1 is 1.50 bits per heavy atom. The molecule has 0 fully saturated rings. The van der Waals surface area contributed by atoms with Gasteiger partial charge in [0.2, 0.25) is 0 Å². The van der Waals surface area contributed by atoms with Gasteiger partial charge in [0.05, 0.1) is 11.8 Å². The molecule has 0 amide bonds. The van der Waals surface area contributed by atoms with Crippen molar-refractivity contribution in [1.29, 1.82) is 0 Å². The lowest BCUT2D eigenvalue weighted by atomic mass is 10.3. The van der Waals surface area contributed by atoms with E-state index in [1.165, 1.54) is 4.68 Å². The van der Waals surface area contributed by atoms with Crippen molar-refractivity contribution in [2.75, 3.05) is 12.0 Å². The predicted molar refractivity (Wildman–Crippen MR) is 76.6 cm³/mol. The van der Waals surface area contributed by atoms with Crippen LogP contribution in [0.4, 0.5) is 0 Å². The van der Waals surface area contributed by atoms with Crippen LogP contribution in [0, 0.1) is 0 Å². The number of hydrogen-bond donors (Lipinski definition) is 1. The second-order valence-corrected chi connectivity index (χ2v) is 5.22. The topological polar surface area (TPSA) is 85.8 Å². The molecule has 7 nitrogen and oxygen atoms in total. The Bertz CT molecular complexity index is 592. The van der Waals surface area contributed by atoms with Gasteiger partial charge in [0.15, 0.2) is 11.6 Å². The number of carbonyl (C=O) groups is 1. The highest BCUT2D eigenvalue weighted by Gasteiger charge is 2.15. The Morgan fingerprint density at radius 3 is 2.90 bits per heavy atom. The summed E-state index contributed by atoms with van der Waals surface area (Å²) >= 11 is 1.71. The number of aryl methyl sites for hydroxylation is 2. The molecular formula is C12H17N5O2S. The van der Waals surface area contributed by atoms with E-state index in [-0.39, 0.29) is 6.54 Å². The standard InChI is InChI=1S/C12H17N5O2S/c1-3-16-7-9(6-13-16)12-14-10(4-5-20-2)15-17(12)8-11(18)19/h6-7H,3-5,8H2,1-2H3,(H,18,19). The molecule has 1 N–H and O–H groups in total. The van der Waals surface area contributed by atoms with Crippen LogP contribution in [-0.2, 0) is 24.3 Å². The van der Waals surface area contributed by atoms with Crippen LogP contribution in [0.1, 0.15) is 12.7 Å².